The van der Waals surface area contributed by atoms with Gasteiger partial charge in [-0.3, -0.25) is 0 Å². The molecule has 0 spiro atoms. The van der Waals surface area contributed by atoms with Gasteiger partial charge in [0.25, 0.3) is 0 Å². The van der Waals surface area contributed by atoms with Gasteiger partial charge in [-0.1, -0.05) is 0 Å². The Morgan fingerprint density at radius 3 is 2.84 bits per heavy atom. The first kappa shape index (κ1) is 14.3. The monoisotopic (exact) mass is 298 g/mol. The van der Waals surface area contributed by atoms with Crippen molar-refractivity contribution in [3.05, 3.63) is 12.2 Å². The SMILES string of the molecule is C[C@H](C(F)(F)F)S(=O)(=O)N[C@H]1CCCn2ncnc21. The van der Waals surface area contributed by atoms with Gasteiger partial charge in [-0.15, -0.1) is 0 Å². The van der Waals surface area contributed by atoms with Crippen LogP contribution < -0.4 is 4.72 Å². The smallest absolute Gasteiger partial charge is 0.248 e. The van der Waals surface area contributed by atoms with Crippen molar-refractivity contribution in [1.82, 2.24) is 19.5 Å². The van der Waals surface area contributed by atoms with E-state index in [0.29, 0.717) is 32.1 Å². The topological polar surface area (TPSA) is 76.9 Å². The molecule has 0 aromatic carbocycles. The Hall–Kier alpha value is -1.16. The predicted octanol–water partition coefficient (Wildman–Crippen LogP) is 0.983. The van der Waals surface area contributed by atoms with E-state index in [1.165, 1.54) is 11.0 Å². The van der Waals surface area contributed by atoms with Gasteiger partial charge in [0.1, 0.15) is 12.2 Å². The van der Waals surface area contributed by atoms with Crippen LogP contribution in [-0.2, 0) is 16.6 Å². The van der Waals surface area contributed by atoms with Gasteiger partial charge in [-0.25, -0.2) is 22.8 Å². The maximum absolute atomic E-state index is 12.5. The lowest BCUT2D eigenvalue weighted by Crippen LogP contribution is -2.44. The van der Waals surface area contributed by atoms with Crippen LogP contribution >= 0.6 is 0 Å². The molecule has 19 heavy (non-hydrogen) atoms. The second-order valence-corrected chi connectivity index (χ2v) is 6.42. The molecule has 1 aliphatic rings. The number of aromatic nitrogens is 3. The average Bonchev–Trinajstić information content (AvgIpc) is 2.75. The van der Waals surface area contributed by atoms with Crippen LogP contribution in [0, 0.1) is 0 Å². The van der Waals surface area contributed by atoms with Gasteiger partial charge in [0.15, 0.2) is 5.25 Å². The van der Waals surface area contributed by atoms with Crippen molar-refractivity contribution in [3.8, 4) is 0 Å². The molecule has 0 bridgehead atoms. The van der Waals surface area contributed by atoms with Gasteiger partial charge in [0, 0.05) is 6.54 Å². The molecule has 0 unspecified atom stereocenters. The van der Waals surface area contributed by atoms with Gasteiger partial charge >= 0.3 is 6.18 Å². The molecule has 1 aliphatic heterocycles. The summed E-state index contributed by atoms with van der Waals surface area (Å²) in [6.45, 7) is 1.21. The molecule has 0 aliphatic carbocycles. The fraction of sp³-hybridized carbons (Fsp3) is 0.778. The summed E-state index contributed by atoms with van der Waals surface area (Å²) in [6, 6.07) is -0.758. The van der Waals surface area contributed by atoms with Crippen molar-refractivity contribution < 1.29 is 21.6 Å². The lowest BCUT2D eigenvalue weighted by atomic mass is 10.1. The Labute approximate surface area is 108 Å². The van der Waals surface area contributed by atoms with Crippen LogP contribution in [0.1, 0.15) is 31.6 Å². The summed E-state index contributed by atoms with van der Waals surface area (Å²) in [4.78, 5) is 3.89. The van der Waals surface area contributed by atoms with E-state index in [9.17, 15) is 21.6 Å². The van der Waals surface area contributed by atoms with Crippen LogP contribution in [0.15, 0.2) is 6.33 Å². The van der Waals surface area contributed by atoms with E-state index in [-0.39, 0.29) is 0 Å². The number of nitrogens with zero attached hydrogens (tertiary/aromatic N) is 3. The van der Waals surface area contributed by atoms with Crippen molar-refractivity contribution in [2.75, 3.05) is 0 Å². The molecule has 108 valence electrons. The molecule has 0 fully saturated rings. The van der Waals surface area contributed by atoms with E-state index >= 15 is 0 Å². The molecule has 0 radical (unpaired) electrons. The zero-order chi connectivity index (χ0) is 14.3. The number of alkyl halides is 3. The first-order valence-electron chi connectivity index (χ1n) is 5.67. The van der Waals surface area contributed by atoms with Crippen LogP contribution in [0.3, 0.4) is 0 Å². The number of fused-ring (bicyclic) bond motifs is 1. The Kier molecular flexibility index (Phi) is 3.56. The molecule has 2 rings (SSSR count). The van der Waals surface area contributed by atoms with Crippen molar-refractivity contribution >= 4 is 10.0 Å². The number of nitrogens with one attached hydrogen (secondary N) is 1. The van der Waals surface area contributed by atoms with Gasteiger partial charge in [-0.05, 0) is 19.8 Å². The molecule has 1 N–H and O–H groups in total. The van der Waals surface area contributed by atoms with E-state index in [1.54, 1.807) is 0 Å². The third-order valence-corrected chi connectivity index (χ3v) is 4.86. The fourth-order valence-corrected chi connectivity index (χ4v) is 3.05. The Morgan fingerprint density at radius 2 is 2.21 bits per heavy atom. The van der Waals surface area contributed by atoms with Crippen molar-refractivity contribution in [2.24, 2.45) is 0 Å². The van der Waals surface area contributed by atoms with Gasteiger partial charge < -0.3 is 0 Å². The summed E-state index contributed by atoms with van der Waals surface area (Å²) < 4.78 is 64.4. The maximum Gasteiger partial charge on any atom is 0.406 e. The van der Waals surface area contributed by atoms with E-state index < -0.39 is 27.5 Å². The van der Waals surface area contributed by atoms with Crippen LogP contribution in [0.25, 0.3) is 0 Å². The Balaban J connectivity index is 2.19. The number of halogens is 3. The van der Waals surface area contributed by atoms with E-state index in [1.807, 2.05) is 0 Å². The molecule has 0 amide bonds. The van der Waals surface area contributed by atoms with E-state index in [0.717, 1.165) is 0 Å². The van der Waals surface area contributed by atoms with Crippen molar-refractivity contribution in [3.63, 3.8) is 0 Å². The van der Waals surface area contributed by atoms with Crippen LogP contribution in [0.5, 0.6) is 0 Å². The second kappa shape index (κ2) is 4.75. The summed E-state index contributed by atoms with van der Waals surface area (Å²) >= 11 is 0. The van der Waals surface area contributed by atoms with E-state index in [4.69, 9.17) is 0 Å². The first-order chi connectivity index (χ1) is 8.72. The molecule has 0 saturated carbocycles. The first-order valence-corrected chi connectivity index (χ1v) is 7.22. The molecule has 1 aromatic heterocycles. The molecule has 0 saturated heterocycles. The van der Waals surface area contributed by atoms with Crippen LogP contribution in [0.2, 0.25) is 0 Å². The van der Waals surface area contributed by atoms with Gasteiger partial charge in [0.05, 0.1) is 6.04 Å². The average molecular weight is 298 g/mol. The summed E-state index contributed by atoms with van der Waals surface area (Å²) in [5.74, 6) is 0.351. The maximum atomic E-state index is 12.5. The van der Waals surface area contributed by atoms with Crippen molar-refractivity contribution in [1.29, 1.82) is 0 Å². The summed E-state index contributed by atoms with van der Waals surface area (Å²) in [5, 5.41) is 1.42. The number of sulfonamides is 1. The molecule has 2 heterocycles. The molecular weight excluding hydrogens is 285 g/mol. The molecular formula is C9H13F3N4O2S. The summed E-state index contributed by atoms with van der Waals surface area (Å²) in [7, 11) is -4.49. The highest BCUT2D eigenvalue weighted by atomic mass is 32.2. The summed E-state index contributed by atoms with van der Waals surface area (Å²) in [5.41, 5.74) is 0. The largest absolute Gasteiger partial charge is 0.406 e. The highest BCUT2D eigenvalue weighted by Gasteiger charge is 2.46. The van der Waals surface area contributed by atoms with E-state index in [2.05, 4.69) is 14.8 Å². The third-order valence-electron chi connectivity index (χ3n) is 3.05. The number of hydrogen-bond acceptors (Lipinski definition) is 4. The zero-order valence-electron chi connectivity index (χ0n) is 10.1. The Bertz CT molecular complexity index is 554. The molecule has 2 atom stereocenters. The minimum atomic E-state index is -4.80. The lowest BCUT2D eigenvalue weighted by Gasteiger charge is -2.25. The fourth-order valence-electron chi connectivity index (χ4n) is 1.88. The molecule has 10 heteroatoms. The minimum Gasteiger partial charge on any atom is -0.248 e. The highest BCUT2D eigenvalue weighted by molar-refractivity contribution is 7.90. The Morgan fingerprint density at radius 1 is 1.53 bits per heavy atom. The van der Waals surface area contributed by atoms with Gasteiger partial charge in [-0.2, -0.15) is 18.3 Å². The van der Waals surface area contributed by atoms with Crippen molar-refractivity contribution in [2.45, 2.75) is 43.8 Å². The zero-order valence-corrected chi connectivity index (χ0v) is 10.9. The van der Waals surface area contributed by atoms with Crippen LogP contribution in [0.4, 0.5) is 13.2 Å². The number of aryl methyl sites for hydroxylation is 1. The molecule has 1 aromatic rings. The summed E-state index contributed by atoms with van der Waals surface area (Å²) in [6.07, 6.45) is -2.50. The number of rotatable bonds is 3. The number of hydrogen-bond donors (Lipinski definition) is 1. The predicted molar refractivity (Wildman–Crippen MR) is 59.6 cm³/mol. The van der Waals surface area contributed by atoms with Crippen LogP contribution in [-0.4, -0.2) is 34.6 Å². The third kappa shape index (κ3) is 2.89. The minimum absolute atomic E-state index is 0.351. The second-order valence-electron chi connectivity index (χ2n) is 4.38. The highest BCUT2D eigenvalue weighted by Crippen LogP contribution is 2.28. The normalized spacial score (nSPS) is 22.0. The van der Waals surface area contributed by atoms with Gasteiger partial charge in [0.2, 0.25) is 10.0 Å². The standard InChI is InChI=1S/C9H13F3N4O2S/c1-6(9(10,11)12)19(17,18)15-7-3-2-4-16-8(7)13-5-14-16/h5-7,15H,2-4H2,1H3/t6-,7+/m1/s1. The lowest BCUT2D eigenvalue weighted by molar-refractivity contribution is -0.127. The quantitative estimate of drug-likeness (QED) is 0.902. The molecule has 6 nitrogen and oxygen atoms in total.